The number of aliphatic hydroxyl groups is 2. The van der Waals surface area contributed by atoms with Gasteiger partial charge >= 0.3 is 6.18 Å². The van der Waals surface area contributed by atoms with E-state index in [0.29, 0.717) is 28.6 Å². The van der Waals surface area contributed by atoms with Crippen LogP contribution >= 0.6 is 0 Å². The molecular weight excluding hydrogens is 518 g/mol. The summed E-state index contributed by atoms with van der Waals surface area (Å²) >= 11 is 0. The van der Waals surface area contributed by atoms with Crippen molar-refractivity contribution < 1.29 is 44.6 Å². The lowest BCUT2D eigenvalue weighted by molar-refractivity contribution is -0.137. The summed E-state index contributed by atoms with van der Waals surface area (Å²) in [5, 5.41) is 18.5. The number of hydrogen-bond donors (Lipinski definition) is 2. The van der Waals surface area contributed by atoms with Gasteiger partial charge in [-0.3, -0.25) is 0 Å². The summed E-state index contributed by atoms with van der Waals surface area (Å²) < 4.78 is 106. The molecule has 0 amide bonds. The van der Waals surface area contributed by atoms with E-state index in [1.54, 1.807) is 0 Å². The Labute approximate surface area is 197 Å². The summed E-state index contributed by atoms with van der Waals surface area (Å²) in [6.07, 6.45) is -4.86. The predicted molar refractivity (Wildman–Crippen MR) is 112 cm³/mol. The van der Waals surface area contributed by atoms with Crippen molar-refractivity contribution in [2.75, 3.05) is 19.7 Å². The highest BCUT2D eigenvalue weighted by atomic mass is 32.2. The second-order valence-electron chi connectivity index (χ2n) is 7.61. The molecule has 0 unspecified atom stereocenters. The molecular formula is C20H15F4N3O6S2. The second-order valence-corrected chi connectivity index (χ2v) is 11.6. The third kappa shape index (κ3) is 4.61. The molecule has 2 aromatic rings. The third-order valence-corrected chi connectivity index (χ3v) is 9.57. The van der Waals surface area contributed by atoms with Crippen molar-refractivity contribution in [2.45, 2.75) is 26.8 Å². The molecule has 3 rings (SSSR count). The van der Waals surface area contributed by atoms with Crippen LogP contribution in [0.1, 0.15) is 5.56 Å². The Morgan fingerprint density at radius 1 is 1.06 bits per heavy atom. The number of rotatable bonds is 5. The van der Waals surface area contributed by atoms with Crippen molar-refractivity contribution in [1.29, 1.82) is 0 Å². The molecule has 0 aromatic heterocycles. The molecule has 1 aliphatic rings. The molecule has 35 heavy (non-hydrogen) atoms. The third-order valence-electron chi connectivity index (χ3n) is 5.46. The number of sulfonamides is 1. The standard InChI is InChI=1S/C20H15F4N3O6S2/c1-25-15-5-4-13(8-14(15)21)34(30,31)18-9-27(10-19(18,29)11-28)35(32,33)17-6-3-12(20(22,23)24)7-16(17)26-2/h3-8,18,28-29H,9-11H2/t18-,19+/m0/s1. The molecule has 2 N–H and O–H groups in total. The minimum Gasteiger partial charge on any atom is -0.393 e. The van der Waals surface area contributed by atoms with E-state index >= 15 is 0 Å². The normalized spacial score (nSPS) is 21.4. The Hall–Kier alpha value is -3.08. The number of halogens is 4. The van der Waals surface area contributed by atoms with Gasteiger partial charge in [0, 0.05) is 18.7 Å². The first-order chi connectivity index (χ1) is 16.1. The fraction of sp³-hybridized carbons (Fsp3) is 0.300. The van der Waals surface area contributed by atoms with Gasteiger partial charge in [0.05, 0.1) is 29.5 Å². The summed E-state index contributed by atoms with van der Waals surface area (Å²) in [7, 11) is -9.51. The van der Waals surface area contributed by atoms with Crippen LogP contribution in [0.3, 0.4) is 0 Å². The second kappa shape index (κ2) is 8.85. The molecule has 0 saturated carbocycles. The Morgan fingerprint density at radius 2 is 1.69 bits per heavy atom. The predicted octanol–water partition coefficient (Wildman–Crippen LogP) is 2.52. The summed E-state index contributed by atoms with van der Waals surface area (Å²) in [4.78, 5) is 4.15. The van der Waals surface area contributed by atoms with Crippen molar-refractivity contribution in [3.63, 3.8) is 0 Å². The molecule has 0 spiro atoms. The van der Waals surface area contributed by atoms with Crippen LogP contribution in [0.5, 0.6) is 0 Å². The van der Waals surface area contributed by atoms with E-state index < -0.39 is 89.1 Å². The van der Waals surface area contributed by atoms with E-state index in [2.05, 4.69) is 9.69 Å². The fourth-order valence-electron chi connectivity index (χ4n) is 3.61. The van der Waals surface area contributed by atoms with Crippen LogP contribution in [0, 0.1) is 19.0 Å². The molecule has 1 heterocycles. The first-order valence-corrected chi connectivity index (χ1v) is 12.4. The van der Waals surface area contributed by atoms with Crippen LogP contribution in [0.4, 0.5) is 28.9 Å². The van der Waals surface area contributed by atoms with Crippen molar-refractivity contribution in [2.24, 2.45) is 0 Å². The highest BCUT2D eigenvalue weighted by Crippen LogP contribution is 2.39. The number of β-amino-alcohol motifs (C(OH)–C–C–N with tert-alkyl or cyclic N) is 1. The molecule has 15 heteroatoms. The summed E-state index contributed by atoms with van der Waals surface area (Å²) in [6, 6.07) is 3.58. The Morgan fingerprint density at radius 3 is 2.20 bits per heavy atom. The Kier molecular flexibility index (Phi) is 6.71. The van der Waals surface area contributed by atoms with Gasteiger partial charge in [-0.05, 0) is 12.1 Å². The highest BCUT2D eigenvalue weighted by Gasteiger charge is 2.55. The Balaban J connectivity index is 2.06. The number of alkyl halides is 3. The van der Waals surface area contributed by atoms with Crippen LogP contribution in [0.15, 0.2) is 46.2 Å². The zero-order chi connectivity index (χ0) is 26.4. The molecule has 0 radical (unpaired) electrons. The lowest BCUT2D eigenvalue weighted by Gasteiger charge is -2.26. The first-order valence-electron chi connectivity index (χ1n) is 9.45. The van der Waals surface area contributed by atoms with Crippen LogP contribution in [0.25, 0.3) is 9.69 Å². The number of nitrogens with zero attached hydrogens (tertiary/aromatic N) is 3. The quantitative estimate of drug-likeness (QED) is 0.450. The highest BCUT2D eigenvalue weighted by molar-refractivity contribution is 7.92. The zero-order valence-electron chi connectivity index (χ0n) is 17.4. The van der Waals surface area contributed by atoms with Crippen LogP contribution < -0.4 is 0 Å². The molecule has 9 nitrogen and oxygen atoms in total. The molecule has 1 fully saturated rings. The largest absolute Gasteiger partial charge is 0.415 e. The summed E-state index contributed by atoms with van der Waals surface area (Å²) in [6.45, 7) is 10.8. The van der Waals surface area contributed by atoms with Crippen LogP contribution in [0.2, 0.25) is 0 Å². The lowest BCUT2D eigenvalue weighted by atomic mass is 10.1. The Bertz CT molecular complexity index is 1480. The van der Waals surface area contributed by atoms with Crippen molar-refractivity contribution in [3.8, 4) is 0 Å². The van der Waals surface area contributed by atoms with Gasteiger partial charge in [-0.2, -0.15) is 17.5 Å². The van der Waals surface area contributed by atoms with E-state index in [9.17, 15) is 44.6 Å². The number of aliphatic hydroxyl groups excluding tert-OH is 1. The molecule has 1 aliphatic heterocycles. The van der Waals surface area contributed by atoms with Crippen molar-refractivity contribution in [1.82, 2.24) is 4.31 Å². The van der Waals surface area contributed by atoms with Gasteiger partial charge in [0.25, 0.3) is 0 Å². The maximum absolute atomic E-state index is 14.0. The van der Waals surface area contributed by atoms with Crippen molar-refractivity contribution >= 4 is 31.2 Å². The van der Waals surface area contributed by atoms with Crippen LogP contribution in [-0.4, -0.2) is 61.9 Å². The smallest absolute Gasteiger partial charge is 0.393 e. The molecule has 186 valence electrons. The minimum absolute atomic E-state index is 0.324. The molecule has 1 saturated heterocycles. The van der Waals surface area contributed by atoms with Crippen LogP contribution in [-0.2, 0) is 26.0 Å². The summed E-state index contributed by atoms with van der Waals surface area (Å²) in [5.74, 6) is -1.18. The fourth-order valence-corrected chi connectivity index (χ4v) is 7.28. The average Bonchev–Trinajstić information content (AvgIpc) is 3.17. The molecule has 0 bridgehead atoms. The number of sulfone groups is 1. The van der Waals surface area contributed by atoms with Gasteiger partial charge in [-0.25, -0.2) is 30.9 Å². The molecule has 0 aliphatic carbocycles. The van der Waals surface area contributed by atoms with E-state index in [1.165, 1.54) is 0 Å². The van der Waals surface area contributed by atoms with Gasteiger partial charge in [0.2, 0.25) is 21.4 Å². The minimum atomic E-state index is -4.86. The van der Waals surface area contributed by atoms with Gasteiger partial charge in [-0.1, -0.05) is 24.3 Å². The monoisotopic (exact) mass is 533 g/mol. The summed E-state index contributed by atoms with van der Waals surface area (Å²) in [5.41, 5.74) is -5.20. The van der Waals surface area contributed by atoms with Crippen molar-refractivity contribution in [3.05, 3.63) is 70.6 Å². The molecule has 2 atom stereocenters. The first kappa shape index (κ1) is 26.5. The molecule has 2 aromatic carbocycles. The van der Waals surface area contributed by atoms with Gasteiger partial charge in [0.15, 0.2) is 9.84 Å². The maximum Gasteiger partial charge on any atom is 0.415 e. The maximum atomic E-state index is 14.0. The van der Waals surface area contributed by atoms with Gasteiger partial charge in [0.1, 0.15) is 16.7 Å². The lowest BCUT2D eigenvalue weighted by Crippen LogP contribution is -2.49. The topological polar surface area (TPSA) is 121 Å². The number of benzene rings is 2. The van der Waals surface area contributed by atoms with Gasteiger partial charge in [-0.15, -0.1) is 0 Å². The zero-order valence-corrected chi connectivity index (χ0v) is 19.0. The van der Waals surface area contributed by atoms with Gasteiger partial charge < -0.3 is 10.2 Å². The van der Waals surface area contributed by atoms with E-state index in [0.717, 1.165) is 12.1 Å². The average molecular weight is 533 g/mol. The van der Waals surface area contributed by atoms with E-state index in [4.69, 9.17) is 13.1 Å². The van der Waals surface area contributed by atoms with E-state index in [1.807, 2.05) is 0 Å². The van der Waals surface area contributed by atoms with E-state index in [-0.39, 0.29) is 0 Å². The number of hydrogen-bond acceptors (Lipinski definition) is 6. The SMILES string of the molecule is [C-]#[N+]c1ccc(S(=O)(=O)[C@H]2CN(S(=O)(=O)c3ccc(C(F)(F)F)cc3[N+]#[C-])C[C@@]2(O)CO)cc1F.